The first-order valence-corrected chi connectivity index (χ1v) is 8.32. The van der Waals surface area contributed by atoms with E-state index in [1.807, 2.05) is 37.3 Å². The van der Waals surface area contributed by atoms with Gasteiger partial charge in [0.15, 0.2) is 0 Å². The van der Waals surface area contributed by atoms with Crippen LogP contribution in [0.3, 0.4) is 0 Å². The first-order chi connectivity index (χ1) is 12.2. The number of benzene rings is 1. The summed E-state index contributed by atoms with van der Waals surface area (Å²) in [6.45, 7) is 5.49. The number of aromatic nitrogens is 1. The summed E-state index contributed by atoms with van der Waals surface area (Å²) >= 11 is 0. The standard InChI is InChI=1S/C19H24N2O4/c1-3-23-11-12-24-15(2)19(22)21-16-8-6-9-18(13-16)25-14-17-7-4-5-10-20-17/h4-10,13,15H,3,11-12,14H2,1-2H3,(H,21,22). The molecular formula is C19H24N2O4. The van der Waals surface area contributed by atoms with Crippen LogP contribution in [0.25, 0.3) is 0 Å². The molecule has 0 saturated carbocycles. The number of hydrogen-bond donors (Lipinski definition) is 1. The highest BCUT2D eigenvalue weighted by Crippen LogP contribution is 2.18. The van der Waals surface area contributed by atoms with Crippen molar-refractivity contribution >= 4 is 11.6 Å². The Hall–Kier alpha value is -2.44. The van der Waals surface area contributed by atoms with Crippen LogP contribution in [-0.4, -0.2) is 36.8 Å². The average molecular weight is 344 g/mol. The lowest BCUT2D eigenvalue weighted by molar-refractivity contribution is -0.127. The van der Waals surface area contributed by atoms with Gasteiger partial charge in [0.25, 0.3) is 5.91 Å². The zero-order valence-corrected chi connectivity index (χ0v) is 14.6. The lowest BCUT2D eigenvalue weighted by Gasteiger charge is -2.14. The van der Waals surface area contributed by atoms with Gasteiger partial charge in [-0.2, -0.15) is 0 Å². The predicted octanol–water partition coefficient (Wildman–Crippen LogP) is 3.04. The Bertz CT molecular complexity index is 649. The van der Waals surface area contributed by atoms with Crippen molar-refractivity contribution in [2.45, 2.75) is 26.6 Å². The van der Waals surface area contributed by atoms with Gasteiger partial charge < -0.3 is 19.5 Å². The zero-order chi connectivity index (χ0) is 17.9. The Morgan fingerprint density at radius 1 is 1.20 bits per heavy atom. The third-order valence-electron chi connectivity index (χ3n) is 3.38. The molecule has 1 atom stereocenters. The van der Waals surface area contributed by atoms with E-state index in [0.717, 1.165) is 5.69 Å². The second-order valence-corrected chi connectivity index (χ2v) is 5.34. The van der Waals surface area contributed by atoms with E-state index in [-0.39, 0.29) is 5.91 Å². The molecule has 0 saturated heterocycles. The van der Waals surface area contributed by atoms with Crippen LogP contribution in [0, 0.1) is 0 Å². The Labute approximate surface area is 148 Å². The summed E-state index contributed by atoms with van der Waals surface area (Å²) in [5, 5.41) is 2.82. The quantitative estimate of drug-likeness (QED) is 0.671. The summed E-state index contributed by atoms with van der Waals surface area (Å²) in [5.74, 6) is 0.451. The molecule has 0 fully saturated rings. The van der Waals surface area contributed by atoms with Gasteiger partial charge in [-0.1, -0.05) is 12.1 Å². The van der Waals surface area contributed by atoms with Gasteiger partial charge in [-0.25, -0.2) is 0 Å². The molecule has 1 aromatic carbocycles. The van der Waals surface area contributed by atoms with E-state index in [0.29, 0.717) is 37.9 Å². The molecule has 0 bridgehead atoms. The van der Waals surface area contributed by atoms with Crippen molar-refractivity contribution in [1.29, 1.82) is 0 Å². The van der Waals surface area contributed by atoms with Crippen molar-refractivity contribution in [2.24, 2.45) is 0 Å². The first-order valence-electron chi connectivity index (χ1n) is 8.32. The third kappa shape index (κ3) is 6.91. The smallest absolute Gasteiger partial charge is 0.253 e. The number of anilines is 1. The molecule has 0 radical (unpaired) electrons. The van der Waals surface area contributed by atoms with Crippen molar-refractivity contribution in [3.63, 3.8) is 0 Å². The summed E-state index contributed by atoms with van der Waals surface area (Å²) in [7, 11) is 0. The van der Waals surface area contributed by atoms with E-state index in [4.69, 9.17) is 14.2 Å². The van der Waals surface area contributed by atoms with Crippen LogP contribution >= 0.6 is 0 Å². The lowest BCUT2D eigenvalue weighted by atomic mass is 10.2. The minimum atomic E-state index is -0.557. The molecule has 1 aromatic heterocycles. The van der Waals surface area contributed by atoms with E-state index >= 15 is 0 Å². The second-order valence-electron chi connectivity index (χ2n) is 5.34. The average Bonchev–Trinajstić information content (AvgIpc) is 2.64. The molecule has 25 heavy (non-hydrogen) atoms. The van der Waals surface area contributed by atoms with Crippen molar-refractivity contribution in [3.05, 3.63) is 54.4 Å². The number of ether oxygens (including phenoxy) is 3. The Morgan fingerprint density at radius 3 is 2.84 bits per heavy atom. The van der Waals surface area contributed by atoms with Crippen LogP contribution in [0.2, 0.25) is 0 Å². The summed E-state index contributed by atoms with van der Waals surface area (Å²) in [6.07, 6.45) is 1.17. The molecule has 0 spiro atoms. The largest absolute Gasteiger partial charge is 0.487 e. The molecule has 1 N–H and O–H groups in total. The summed E-state index contributed by atoms with van der Waals surface area (Å²) in [4.78, 5) is 16.3. The minimum Gasteiger partial charge on any atom is -0.487 e. The summed E-state index contributed by atoms with van der Waals surface area (Å²) in [6, 6.07) is 12.9. The summed E-state index contributed by atoms with van der Waals surface area (Å²) < 4.78 is 16.3. The maximum atomic E-state index is 12.1. The van der Waals surface area contributed by atoms with Crippen molar-refractivity contribution < 1.29 is 19.0 Å². The topological polar surface area (TPSA) is 69.7 Å². The SMILES string of the molecule is CCOCCOC(C)C(=O)Nc1cccc(OCc2ccccn2)c1. The van der Waals surface area contributed by atoms with Gasteiger partial charge >= 0.3 is 0 Å². The number of pyridine rings is 1. The van der Waals surface area contributed by atoms with E-state index in [1.165, 1.54) is 0 Å². The van der Waals surface area contributed by atoms with Gasteiger partial charge in [0, 0.05) is 24.6 Å². The molecule has 1 unspecified atom stereocenters. The zero-order valence-electron chi connectivity index (χ0n) is 14.6. The van der Waals surface area contributed by atoms with Gasteiger partial charge in [0.05, 0.1) is 18.9 Å². The lowest BCUT2D eigenvalue weighted by Crippen LogP contribution is -2.28. The molecule has 6 heteroatoms. The van der Waals surface area contributed by atoms with Gasteiger partial charge in [-0.3, -0.25) is 9.78 Å². The number of amides is 1. The highest BCUT2D eigenvalue weighted by atomic mass is 16.5. The van der Waals surface area contributed by atoms with Crippen molar-refractivity contribution in [2.75, 3.05) is 25.1 Å². The molecular weight excluding hydrogens is 320 g/mol. The van der Waals surface area contributed by atoms with E-state index < -0.39 is 6.10 Å². The highest BCUT2D eigenvalue weighted by Gasteiger charge is 2.13. The van der Waals surface area contributed by atoms with Gasteiger partial charge in [0.1, 0.15) is 18.5 Å². The fourth-order valence-corrected chi connectivity index (χ4v) is 2.05. The number of nitrogens with one attached hydrogen (secondary N) is 1. The van der Waals surface area contributed by atoms with Crippen LogP contribution in [0.15, 0.2) is 48.7 Å². The van der Waals surface area contributed by atoms with Crippen LogP contribution in [0.4, 0.5) is 5.69 Å². The molecule has 6 nitrogen and oxygen atoms in total. The van der Waals surface area contributed by atoms with Crippen molar-refractivity contribution in [3.8, 4) is 5.75 Å². The Morgan fingerprint density at radius 2 is 2.08 bits per heavy atom. The van der Waals surface area contributed by atoms with Gasteiger partial charge in [-0.15, -0.1) is 0 Å². The Kier molecular flexibility index (Phi) is 7.88. The maximum absolute atomic E-state index is 12.1. The fraction of sp³-hybridized carbons (Fsp3) is 0.368. The molecule has 134 valence electrons. The van der Waals surface area contributed by atoms with Crippen LogP contribution in [0.5, 0.6) is 5.75 Å². The molecule has 0 aliphatic carbocycles. The minimum absolute atomic E-state index is 0.210. The molecule has 1 heterocycles. The number of rotatable bonds is 10. The van der Waals surface area contributed by atoms with E-state index in [2.05, 4.69) is 10.3 Å². The molecule has 0 aliphatic heterocycles. The number of carbonyl (C=O) groups excluding carboxylic acids is 1. The second kappa shape index (κ2) is 10.4. The monoisotopic (exact) mass is 344 g/mol. The normalized spacial score (nSPS) is 11.8. The third-order valence-corrected chi connectivity index (χ3v) is 3.38. The number of hydrogen-bond acceptors (Lipinski definition) is 5. The predicted molar refractivity (Wildman–Crippen MR) is 95.5 cm³/mol. The van der Waals surface area contributed by atoms with E-state index in [9.17, 15) is 4.79 Å². The first kappa shape index (κ1) is 18.9. The number of nitrogens with zero attached hydrogens (tertiary/aromatic N) is 1. The number of carbonyl (C=O) groups is 1. The van der Waals surface area contributed by atoms with Gasteiger partial charge in [0.2, 0.25) is 0 Å². The van der Waals surface area contributed by atoms with E-state index in [1.54, 1.807) is 25.3 Å². The fourth-order valence-electron chi connectivity index (χ4n) is 2.05. The molecule has 0 aliphatic rings. The van der Waals surface area contributed by atoms with Crippen LogP contribution in [0.1, 0.15) is 19.5 Å². The maximum Gasteiger partial charge on any atom is 0.253 e. The molecule has 2 rings (SSSR count). The van der Waals surface area contributed by atoms with Crippen LogP contribution in [-0.2, 0) is 20.9 Å². The Balaban J connectivity index is 1.82. The molecule has 1 amide bonds. The van der Waals surface area contributed by atoms with Gasteiger partial charge in [-0.05, 0) is 38.1 Å². The summed E-state index contributed by atoms with van der Waals surface area (Å²) in [5.41, 5.74) is 1.50. The van der Waals surface area contributed by atoms with Crippen molar-refractivity contribution in [1.82, 2.24) is 4.98 Å². The molecule has 2 aromatic rings. The van der Waals surface area contributed by atoms with Crippen LogP contribution < -0.4 is 10.1 Å². The highest BCUT2D eigenvalue weighted by molar-refractivity contribution is 5.94.